The Morgan fingerprint density at radius 2 is 1.95 bits per heavy atom. The molecule has 0 amide bonds. The normalized spacial score (nSPS) is 16.1. The van der Waals surface area contributed by atoms with Crippen molar-refractivity contribution >= 4 is 60.2 Å². The molecular weight excluding hydrogens is 324 g/mol. The monoisotopic (exact) mass is 336 g/mol. The smallest absolute Gasteiger partial charge is 0.137 e. The molecule has 4 rings (SSSR count). The molecule has 1 nitrogen and oxygen atoms in total. The van der Waals surface area contributed by atoms with Crippen molar-refractivity contribution in [3.8, 4) is 0 Å². The molecule has 0 radical (unpaired) electrons. The molecule has 0 bridgehead atoms. The summed E-state index contributed by atoms with van der Waals surface area (Å²) >= 11 is 9.35. The van der Waals surface area contributed by atoms with Gasteiger partial charge in [0.25, 0.3) is 0 Å². The summed E-state index contributed by atoms with van der Waals surface area (Å²) in [5, 5.41) is 0.871. The third-order valence-electron chi connectivity index (χ3n) is 2.93. The molecule has 0 aliphatic heterocycles. The van der Waals surface area contributed by atoms with E-state index in [0.717, 1.165) is 0 Å². The van der Waals surface area contributed by atoms with Gasteiger partial charge in [-0.1, -0.05) is 51.7 Å². The van der Waals surface area contributed by atoms with Crippen molar-refractivity contribution in [2.45, 2.75) is 0 Å². The van der Waals surface area contributed by atoms with Gasteiger partial charge in [0.2, 0.25) is 0 Å². The van der Waals surface area contributed by atoms with Crippen LogP contribution in [0, 0.1) is 0 Å². The van der Waals surface area contributed by atoms with Crippen LogP contribution in [0.25, 0.3) is 32.7 Å². The van der Waals surface area contributed by atoms with E-state index in [4.69, 9.17) is 24.2 Å². The van der Waals surface area contributed by atoms with Crippen molar-refractivity contribution in [3.05, 3.63) is 57.9 Å². The highest BCUT2D eigenvalue weighted by atomic mass is 79.9. The van der Waals surface area contributed by atoms with Gasteiger partial charge in [-0.05, 0) is 35.0 Å². The van der Waals surface area contributed by atoms with Crippen LogP contribution in [0.15, 0.2) is 57.3 Å². The summed E-state index contributed by atoms with van der Waals surface area (Å²) in [7, 11) is 0. The Balaban J connectivity index is 2.49. The van der Waals surface area contributed by atoms with E-state index in [1.807, 2.05) is 0 Å². The molecule has 0 unspecified atom stereocenters. The van der Waals surface area contributed by atoms with Crippen LogP contribution in [0.1, 0.15) is 8.22 Å². The Morgan fingerprint density at radius 1 is 1.05 bits per heavy atom. The molecule has 0 N–H and O–H groups in total. The first kappa shape index (κ1) is 6.78. The lowest BCUT2D eigenvalue weighted by Gasteiger charge is -2.03. The third kappa shape index (κ3) is 1.60. The fourth-order valence-electron chi connectivity index (χ4n) is 2.15. The number of para-hydroxylation sites is 1. The molecule has 0 spiro atoms. The minimum absolute atomic E-state index is 0.0152. The Bertz CT molecular complexity index is 1230. The molecule has 92 valence electrons. The van der Waals surface area contributed by atoms with Gasteiger partial charge in [-0.3, -0.25) is 0 Å². The van der Waals surface area contributed by atoms with Crippen LogP contribution in [-0.2, 0) is 0 Å². The van der Waals surface area contributed by atoms with Gasteiger partial charge in [-0.2, -0.15) is 0 Å². The number of rotatable bonds is 0. The van der Waals surface area contributed by atoms with Crippen molar-refractivity contribution in [1.29, 1.82) is 0 Å². The van der Waals surface area contributed by atoms with Crippen LogP contribution in [0.3, 0.4) is 0 Å². The quantitative estimate of drug-likeness (QED) is 0.375. The maximum absolute atomic E-state index is 8.35. The van der Waals surface area contributed by atoms with Gasteiger partial charge in [0.15, 0.2) is 0 Å². The first-order valence-corrected chi connectivity index (χ1v) is 6.62. The van der Waals surface area contributed by atoms with Gasteiger partial charge < -0.3 is 4.42 Å². The molecular formula is C16H8BrClO. The molecule has 0 saturated heterocycles. The van der Waals surface area contributed by atoms with Crippen molar-refractivity contribution in [1.82, 2.24) is 0 Å². The van der Waals surface area contributed by atoms with Gasteiger partial charge in [0.1, 0.15) is 11.2 Å². The Labute approximate surface area is 131 Å². The lowest BCUT2D eigenvalue weighted by molar-refractivity contribution is 0.669. The van der Waals surface area contributed by atoms with Crippen LogP contribution in [0.5, 0.6) is 0 Å². The summed E-state index contributed by atoms with van der Waals surface area (Å²) in [6.45, 7) is 0. The summed E-state index contributed by atoms with van der Waals surface area (Å²) in [5.41, 5.74) is 0.469. The van der Waals surface area contributed by atoms with E-state index >= 15 is 0 Å². The van der Waals surface area contributed by atoms with E-state index in [-0.39, 0.29) is 62.1 Å². The third-order valence-corrected chi connectivity index (χ3v) is 3.71. The molecule has 1 aromatic heterocycles. The van der Waals surface area contributed by atoms with Gasteiger partial charge in [-0.25, -0.2) is 0 Å². The number of halogens is 2. The average Bonchev–Trinajstić information content (AvgIpc) is 2.97. The summed E-state index contributed by atoms with van der Waals surface area (Å²) in [6.07, 6.45) is 0. The first-order chi connectivity index (χ1) is 11.8. The summed E-state index contributed by atoms with van der Waals surface area (Å²) in [6, 6.07) is 2.16. The van der Waals surface area contributed by atoms with Gasteiger partial charge in [0.05, 0.1) is 8.22 Å². The SMILES string of the molecule is [2H]c1ccc2oc3c([2H])c(Br)c4c([2H])c([2H])c(Cl)c([2H])c4c3c2c1[2H]. The maximum atomic E-state index is 8.35. The number of fused-ring (bicyclic) bond motifs is 5. The topological polar surface area (TPSA) is 13.1 Å². The predicted octanol–water partition coefficient (Wildman–Crippen LogP) is 6.16. The number of hydrogen-bond acceptors (Lipinski definition) is 1. The Hall–Kier alpha value is -1.51. The van der Waals surface area contributed by atoms with E-state index < -0.39 is 0 Å². The lowest BCUT2D eigenvalue weighted by atomic mass is 10.0. The van der Waals surface area contributed by atoms with E-state index in [9.17, 15) is 0 Å². The second kappa shape index (κ2) is 3.99. The fraction of sp³-hybridized carbons (Fsp3) is 0. The second-order valence-electron chi connectivity index (χ2n) is 4.03. The van der Waals surface area contributed by atoms with E-state index in [0.29, 0.717) is 16.4 Å². The molecule has 0 fully saturated rings. The molecule has 3 aromatic carbocycles. The van der Waals surface area contributed by atoms with E-state index in [2.05, 4.69) is 15.9 Å². The number of furan rings is 1. The molecule has 3 heteroatoms. The molecule has 1 heterocycles. The zero-order valence-electron chi connectivity index (χ0n) is 15.3. The molecule has 19 heavy (non-hydrogen) atoms. The molecule has 0 aliphatic rings. The van der Waals surface area contributed by atoms with Gasteiger partial charge in [-0.15, -0.1) is 0 Å². The highest BCUT2D eigenvalue weighted by molar-refractivity contribution is 9.10. The summed E-state index contributed by atoms with van der Waals surface area (Å²) in [5.74, 6) is 0. The van der Waals surface area contributed by atoms with E-state index in [1.165, 1.54) is 6.07 Å². The lowest BCUT2D eigenvalue weighted by Crippen LogP contribution is -1.77. The van der Waals surface area contributed by atoms with Crippen molar-refractivity contribution in [2.24, 2.45) is 0 Å². The number of benzene rings is 3. The zero-order valence-corrected chi connectivity index (χ0v) is 11.7. The van der Waals surface area contributed by atoms with E-state index in [1.54, 1.807) is 6.07 Å². The average molecular weight is 338 g/mol. The van der Waals surface area contributed by atoms with Gasteiger partial charge in [0, 0.05) is 20.3 Å². The summed E-state index contributed by atoms with van der Waals surface area (Å²) in [4.78, 5) is 0. The molecule has 0 atom stereocenters. The zero-order chi connectivity index (χ0) is 18.2. The minimum Gasteiger partial charge on any atom is -0.456 e. The van der Waals surface area contributed by atoms with Crippen LogP contribution in [0.2, 0.25) is 5.02 Å². The highest BCUT2D eigenvalue weighted by Crippen LogP contribution is 2.38. The van der Waals surface area contributed by atoms with Crippen LogP contribution >= 0.6 is 27.5 Å². The Morgan fingerprint density at radius 3 is 2.84 bits per heavy atom. The second-order valence-corrected chi connectivity index (χ2v) is 5.20. The van der Waals surface area contributed by atoms with Crippen LogP contribution in [0.4, 0.5) is 0 Å². The van der Waals surface area contributed by atoms with Crippen LogP contribution < -0.4 is 0 Å². The minimum atomic E-state index is -0.293. The van der Waals surface area contributed by atoms with Crippen molar-refractivity contribution < 1.29 is 12.6 Å². The standard InChI is InChI=1S/C16H8BrClO/c17-13-8-15-16(11-3-1-2-4-14(11)19-15)12-7-9(18)5-6-10(12)13/h1-8H/i1D,3D,5D,6D,7D,8D. The van der Waals surface area contributed by atoms with Crippen molar-refractivity contribution in [2.75, 3.05) is 0 Å². The predicted molar refractivity (Wildman–Crippen MR) is 83.9 cm³/mol. The summed E-state index contributed by atoms with van der Waals surface area (Å²) < 4.78 is 54.8. The fourth-order valence-corrected chi connectivity index (χ4v) is 2.76. The Kier molecular flexibility index (Phi) is 1.42. The van der Waals surface area contributed by atoms with Crippen molar-refractivity contribution in [3.63, 3.8) is 0 Å². The van der Waals surface area contributed by atoms with Gasteiger partial charge >= 0.3 is 0 Å². The maximum Gasteiger partial charge on any atom is 0.137 e. The molecule has 4 aromatic rings. The molecule has 0 aliphatic carbocycles. The largest absolute Gasteiger partial charge is 0.456 e. The van der Waals surface area contributed by atoms with Crippen LogP contribution in [-0.4, -0.2) is 0 Å². The number of hydrogen-bond donors (Lipinski definition) is 0. The molecule has 0 saturated carbocycles. The first-order valence-electron chi connectivity index (χ1n) is 8.45. The highest BCUT2D eigenvalue weighted by Gasteiger charge is 2.12.